The van der Waals surface area contributed by atoms with Gasteiger partial charge in [0.25, 0.3) is 0 Å². The van der Waals surface area contributed by atoms with Crippen molar-refractivity contribution in [3.63, 3.8) is 0 Å². The molecule has 0 radical (unpaired) electrons. The summed E-state index contributed by atoms with van der Waals surface area (Å²) in [5, 5.41) is 0. The lowest BCUT2D eigenvalue weighted by Gasteiger charge is -2.34. The molecule has 0 N–H and O–H groups in total. The van der Waals surface area contributed by atoms with E-state index < -0.39 is 15.4 Å². The van der Waals surface area contributed by atoms with Gasteiger partial charge in [-0.25, -0.2) is 8.42 Å². The summed E-state index contributed by atoms with van der Waals surface area (Å²) in [7, 11) is -3.00. The Morgan fingerprint density at radius 1 is 1.33 bits per heavy atom. The second-order valence-electron chi connectivity index (χ2n) is 5.06. The second-order valence-corrected chi connectivity index (χ2v) is 7.24. The minimum Gasteiger partial charge on any atom is -0.334 e. The molecule has 4 nitrogen and oxygen atoms in total. The average molecular weight is 267 g/mol. The van der Waals surface area contributed by atoms with Crippen molar-refractivity contribution in [3.05, 3.63) is 35.9 Å². The van der Waals surface area contributed by atoms with E-state index in [1.54, 1.807) is 4.90 Å². The van der Waals surface area contributed by atoms with Crippen LogP contribution in [-0.4, -0.2) is 36.8 Å². The molecule has 5 heteroatoms. The normalized spacial score (nSPS) is 25.8. The van der Waals surface area contributed by atoms with E-state index in [1.165, 1.54) is 0 Å². The maximum Gasteiger partial charge on any atom is 0.210 e. The van der Waals surface area contributed by atoms with E-state index in [0.717, 1.165) is 12.0 Å². The first-order valence-corrected chi connectivity index (χ1v) is 7.74. The summed E-state index contributed by atoms with van der Waals surface area (Å²) in [6, 6.07) is 9.60. The molecule has 1 saturated heterocycles. The highest BCUT2D eigenvalue weighted by Crippen LogP contribution is 2.29. The summed E-state index contributed by atoms with van der Waals surface area (Å²) in [6.45, 7) is 2.30. The Balaban J connectivity index is 2.17. The number of sulfone groups is 1. The van der Waals surface area contributed by atoms with Crippen molar-refractivity contribution in [3.8, 4) is 0 Å². The first-order chi connectivity index (χ1) is 8.45. The summed E-state index contributed by atoms with van der Waals surface area (Å²) in [6.07, 6.45) is 1.27. The first kappa shape index (κ1) is 13.1. The van der Waals surface area contributed by atoms with Crippen LogP contribution in [-0.2, 0) is 21.2 Å². The minimum atomic E-state index is -3.00. The Kier molecular flexibility index (Phi) is 3.43. The Bertz CT molecular complexity index is 526. The molecule has 0 aliphatic carbocycles. The zero-order valence-corrected chi connectivity index (χ0v) is 11.2. The minimum absolute atomic E-state index is 0.0611. The summed E-state index contributed by atoms with van der Waals surface area (Å²) < 4.78 is 23.2. The largest absolute Gasteiger partial charge is 0.334 e. The number of carbonyl (C=O) groups is 1. The number of nitrogens with zero attached hydrogens (tertiary/aromatic N) is 1. The quantitative estimate of drug-likeness (QED) is 0.771. The van der Waals surface area contributed by atoms with Gasteiger partial charge in [0.15, 0.2) is 9.84 Å². The number of amides is 1. The van der Waals surface area contributed by atoms with Gasteiger partial charge in [-0.2, -0.15) is 0 Å². The summed E-state index contributed by atoms with van der Waals surface area (Å²) >= 11 is 0. The van der Waals surface area contributed by atoms with Gasteiger partial charge in [0.2, 0.25) is 6.41 Å². The zero-order chi connectivity index (χ0) is 13.2. The van der Waals surface area contributed by atoms with Gasteiger partial charge in [0.1, 0.15) is 0 Å². The fraction of sp³-hybridized carbons (Fsp3) is 0.462. The van der Waals surface area contributed by atoms with Gasteiger partial charge in [-0.3, -0.25) is 4.79 Å². The lowest BCUT2D eigenvalue weighted by Crippen LogP contribution is -2.46. The van der Waals surface area contributed by atoms with Crippen molar-refractivity contribution in [2.45, 2.75) is 25.4 Å². The van der Waals surface area contributed by atoms with Crippen molar-refractivity contribution in [1.82, 2.24) is 4.90 Å². The number of hydrogen-bond acceptors (Lipinski definition) is 3. The topological polar surface area (TPSA) is 54.5 Å². The number of benzene rings is 1. The van der Waals surface area contributed by atoms with Crippen molar-refractivity contribution >= 4 is 16.2 Å². The van der Waals surface area contributed by atoms with Crippen molar-refractivity contribution in [1.29, 1.82) is 0 Å². The molecule has 98 valence electrons. The second kappa shape index (κ2) is 4.72. The van der Waals surface area contributed by atoms with Crippen molar-refractivity contribution in [2.24, 2.45) is 0 Å². The fourth-order valence-electron chi connectivity index (χ4n) is 2.36. The molecule has 0 bridgehead atoms. The average Bonchev–Trinajstić information content (AvgIpc) is 2.63. The standard InChI is InChI=1S/C13H17NO3S/c1-13(7-8-18(16,17)10-13)14(11-15)9-12-5-3-2-4-6-12/h2-6,11H,7-10H2,1H3/t13-/m1/s1. The molecule has 0 spiro atoms. The van der Waals surface area contributed by atoms with Crippen molar-refractivity contribution in [2.75, 3.05) is 11.5 Å². The lowest BCUT2D eigenvalue weighted by molar-refractivity contribution is -0.123. The Morgan fingerprint density at radius 3 is 2.50 bits per heavy atom. The maximum absolute atomic E-state index is 11.6. The van der Waals surface area contributed by atoms with Gasteiger partial charge in [0, 0.05) is 6.54 Å². The predicted molar refractivity (Wildman–Crippen MR) is 69.7 cm³/mol. The lowest BCUT2D eigenvalue weighted by atomic mass is 9.99. The smallest absolute Gasteiger partial charge is 0.210 e. The number of rotatable bonds is 4. The van der Waals surface area contributed by atoms with Gasteiger partial charge < -0.3 is 4.90 Å². The van der Waals surface area contributed by atoms with Gasteiger partial charge >= 0.3 is 0 Å². The molecule has 1 aromatic carbocycles. The van der Waals surface area contributed by atoms with Crippen LogP contribution in [0.15, 0.2) is 30.3 Å². The van der Waals surface area contributed by atoms with E-state index in [0.29, 0.717) is 13.0 Å². The molecule has 0 unspecified atom stereocenters. The maximum atomic E-state index is 11.6. The predicted octanol–water partition coefficient (Wildman–Crippen LogP) is 1.22. The molecular formula is C13H17NO3S. The molecular weight excluding hydrogens is 250 g/mol. The third-order valence-electron chi connectivity index (χ3n) is 3.50. The van der Waals surface area contributed by atoms with Crippen LogP contribution in [0.5, 0.6) is 0 Å². The number of hydrogen-bond donors (Lipinski definition) is 0. The molecule has 1 fully saturated rings. The number of carbonyl (C=O) groups excluding carboxylic acids is 1. The van der Waals surface area contributed by atoms with Crippen LogP contribution in [0.4, 0.5) is 0 Å². The van der Waals surface area contributed by atoms with Crippen molar-refractivity contribution < 1.29 is 13.2 Å². The zero-order valence-electron chi connectivity index (χ0n) is 10.4. The molecule has 1 amide bonds. The van der Waals surface area contributed by atoms with Gasteiger partial charge in [-0.1, -0.05) is 30.3 Å². The highest BCUT2D eigenvalue weighted by atomic mass is 32.2. The van der Waals surface area contributed by atoms with E-state index in [2.05, 4.69) is 0 Å². The fourth-order valence-corrected chi connectivity index (χ4v) is 4.51. The summed E-state index contributed by atoms with van der Waals surface area (Å²) in [5.74, 6) is 0.230. The van der Waals surface area contributed by atoms with Crippen LogP contribution in [0.1, 0.15) is 18.9 Å². The van der Waals surface area contributed by atoms with Crippen LogP contribution in [0, 0.1) is 0 Å². The first-order valence-electron chi connectivity index (χ1n) is 5.92. The molecule has 18 heavy (non-hydrogen) atoms. The van der Waals surface area contributed by atoms with E-state index in [9.17, 15) is 13.2 Å². The van der Waals surface area contributed by atoms with E-state index >= 15 is 0 Å². The monoisotopic (exact) mass is 267 g/mol. The van der Waals surface area contributed by atoms with E-state index in [4.69, 9.17) is 0 Å². The van der Waals surface area contributed by atoms with Gasteiger partial charge in [-0.05, 0) is 18.9 Å². The summed E-state index contributed by atoms with van der Waals surface area (Å²) in [4.78, 5) is 12.8. The van der Waals surface area contributed by atoms with Gasteiger partial charge in [0.05, 0.1) is 17.0 Å². The van der Waals surface area contributed by atoms with E-state index in [1.807, 2.05) is 37.3 Å². The highest BCUT2D eigenvalue weighted by molar-refractivity contribution is 7.91. The van der Waals surface area contributed by atoms with Crippen LogP contribution in [0.3, 0.4) is 0 Å². The van der Waals surface area contributed by atoms with Crippen LogP contribution < -0.4 is 0 Å². The van der Waals surface area contributed by atoms with Crippen LogP contribution >= 0.6 is 0 Å². The van der Waals surface area contributed by atoms with Crippen LogP contribution in [0.25, 0.3) is 0 Å². The third kappa shape index (κ3) is 2.72. The Labute approximate surface area is 108 Å². The SMILES string of the molecule is C[C@@]1(N(C=O)Cc2ccccc2)CCS(=O)(=O)C1. The third-order valence-corrected chi connectivity index (χ3v) is 5.39. The molecule has 1 heterocycles. The molecule has 0 aromatic heterocycles. The Morgan fingerprint density at radius 2 is 2.00 bits per heavy atom. The molecule has 1 atom stereocenters. The molecule has 2 rings (SSSR count). The van der Waals surface area contributed by atoms with Crippen LogP contribution in [0.2, 0.25) is 0 Å². The Hall–Kier alpha value is -1.36. The molecule has 1 aliphatic heterocycles. The van der Waals surface area contributed by atoms with Gasteiger partial charge in [-0.15, -0.1) is 0 Å². The molecule has 1 aromatic rings. The molecule has 0 saturated carbocycles. The highest BCUT2D eigenvalue weighted by Gasteiger charge is 2.42. The van der Waals surface area contributed by atoms with E-state index in [-0.39, 0.29) is 11.5 Å². The summed E-state index contributed by atoms with van der Waals surface area (Å²) in [5.41, 5.74) is 0.436. The molecule has 1 aliphatic rings.